The maximum atomic E-state index is 10.9. The minimum Gasteiger partial charge on any atom is -0.450 e. The third kappa shape index (κ3) is 3.31. The molecule has 0 saturated carbocycles. The molecule has 0 spiro atoms. The molecular formula is C6H6Cl2N4O2. The summed E-state index contributed by atoms with van der Waals surface area (Å²) >= 11 is 10.9. The summed E-state index contributed by atoms with van der Waals surface area (Å²) in [5.41, 5.74) is 0. The van der Waals surface area contributed by atoms with Crippen LogP contribution in [0.2, 0.25) is 10.6 Å². The summed E-state index contributed by atoms with van der Waals surface area (Å²) in [6.07, 6.45) is -0.675. The zero-order chi connectivity index (χ0) is 10.6. The SMILES string of the molecule is CCOC(=O)Nc1nc(Cl)nc(Cl)n1. The molecule has 0 bridgehead atoms. The summed E-state index contributed by atoms with van der Waals surface area (Å²) in [6.45, 7) is 1.92. The van der Waals surface area contributed by atoms with Crippen molar-refractivity contribution in [2.45, 2.75) is 6.92 Å². The first-order chi connectivity index (χ1) is 6.61. The van der Waals surface area contributed by atoms with E-state index in [2.05, 4.69) is 25.0 Å². The van der Waals surface area contributed by atoms with Crippen LogP contribution in [0.5, 0.6) is 0 Å². The molecule has 6 nitrogen and oxygen atoms in total. The Labute approximate surface area is 89.6 Å². The lowest BCUT2D eigenvalue weighted by Gasteiger charge is -2.02. The Kier molecular flexibility index (Phi) is 3.84. The molecule has 8 heteroatoms. The summed E-state index contributed by atoms with van der Waals surface area (Å²) in [6, 6.07) is 0. The average Bonchev–Trinajstić information content (AvgIpc) is 2.01. The second kappa shape index (κ2) is 4.92. The molecule has 0 aromatic carbocycles. The molecule has 0 fully saturated rings. The van der Waals surface area contributed by atoms with Crippen molar-refractivity contribution >= 4 is 35.2 Å². The quantitative estimate of drug-likeness (QED) is 0.847. The van der Waals surface area contributed by atoms with E-state index in [1.54, 1.807) is 6.92 Å². The fourth-order valence-corrected chi connectivity index (χ4v) is 1.00. The monoisotopic (exact) mass is 236 g/mol. The number of ether oxygens (including phenoxy) is 1. The van der Waals surface area contributed by atoms with E-state index in [1.165, 1.54) is 0 Å². The van der Waals surface area contributed by atoms with Crippen LogP contribution < -0.4 is 5.32 Å². The Morgan fingerprint density at radius 3 is 2.43 bits per heavy atom. The minimum absolute atomic E-state index is 0.0477. The van der Waals surface area contributed by atoms with Gasteiger partial charge in [-0.1, -0.05) is 0 Å². The van der Waals surface area contributed by atoms with Gasteiger partial charge in [-0.25, -0.2) is 4.79 Å². The highest BCUT2D eigenvalue weighted by Crippen LogP contribution is 2.09. The molecule has 0 radical (unpaired) electrons. The molecule has 0 saturated heterocycles. The second-order valence-electron chi connectivity index (χ2n) is 2.04. The van der Waals surface area contributed by atoms with Gasteiger partial charge in [-0.15, -0.1) is 0 Å². The van der Waals surface area contributed by atoms with Crippen LogP contribution in [0.3, 0.4) is 0 Å². The van der Waals surface area contributed by atoms with Crippen molar-refractivity contribution < 1.29 is 9.53 Å². The first-order valence-corrected chi connectivity index (χ1v) is 4.38. The van der Waals surface area contributed by atoms with Crippen LogP contribution in [0.25, 0.3) is 0 Å². The molecule has 1 aromatic heterocycles. The van der Waals surface area contributed by atoms with Crippen LogP contribution >= 0.6 is 23.2 Å². The molecule has 0 unspecified atom stereocenters. The smallest absolute Gasteiger partial charge is 0.414 e. The third-order valence-electron chi connectivity index (χ3n) is 1.07. The molecule has 76 valence electrons. The number of nitrogens with one attached hydrogen (secondary N) is 1. The number of hydrogen-bond donors (Lipinski definition) is 1. The van der Waals surface area contributed by atoms with E-state index in [9.17, 15) is 4.79 Å². The predicted octanol–water partition coefficient (Wildman–Crippen LogP) is 1.75. The van der Waals surface area contributed by atoms with Crippen molar-refractivity contribution in [3.8, 4) is 0 Å². The van der Waals surface area contributed by atoms with Crippen molar-refractivity contribution in [3.05, 3.63) is 10.6 Å². The summed E-state index contributed by atoms with van der Waals surface area (Å²) in [5, 5.41) is 2.03. The molecule has 0 atom stereocenters. The van der Waals surface area contributed by atoms with Gasteiger partial charge in [-0.3, -0.25) is 5.32 Å². The number of carbonyl (C=O) groups excluding carboxylic acids is 1. The van der Waals surface area contributed by atoms with E-state index in [1.807, 2.05) is 0 Å². The van der Waals surface area contributed by atoms with Crippen molar-refractivity contribution in [1.82, 2.24) is 15.0 Å². The van der Waals surface area contributed by atoms with Gasteiger partial charge in [0.25, 0.3) is 0 Å². The van der Waals surface area contributed by atoms with Crippen LogP contribution in [0.4, 0.5) is 10.7 Å². The largest absolute Gasteiger partial charge is 0.450 e. The lowest BCUT2D eigenvalue weighted by molar-refractivity contribution is 0.167. The Balaban J connectivity index is 2.71. The van der Waals surface area contributed by atoms with E-state index in [0.29, 0.717) is 0 Å². The van der Waals surface area contributed by atoms with Crippen molar-refractivity contribution in [2.75, 3.05) is 11.9 Å². The molecule has 0 aliphatic rings. The molecule has 1 aromatic rings. The highest BCUT2D eigenvalue weighted by molar-refractivity contribution is 6.31. The van der Waals surface area contributed by atoms with Gasteiger partial charge >= 0.3 is 6.09 Å². The first-order valence-electron chi connectivity index (χ1n) is 3.62. The van der Waals surface area contributed by atoms with E-state index < -0.39 is 6.09 Å². The number of aromatic nitrogens is 3. The number of nitrogens with zero attached hydrogens (tertiary/aromatic N) is 3. The van der Waals surface area contributed by atoms with Crippen molar-refractivity contribution in [3.63, 3.8) is 0 Å². The number of hydrogen-bond acceptors (Lipinski definition) is 5. The van der Waals surface area contributed by atoms with E-state index in [4.69, 9.17) is 23.2 Å². The van der Waals surface area contributed by atoms with Crippen molar-refractivity contribution in [2.24, 2.45) is 0 Å². The van der Waals surface area contributed by atoms with Crippen LogP contribution in [0.1, 0.15) is 6.92 Å². The molecule has 14 heavy (non-hydrogen) atoms. The fraction of sp³-hybridized carbons (Fsp3) is 0.333. The van der Waals surface area contributed by atoms with Gasteiger partial charge in [0.15, 0.2) is 0 Å². The van der Waals surface area contributed by atoms with E-state index >= 15 is 0 Å². The number of amides is 1. The Bertz CT molecular complexity index is 326. The molecule has 0 aliphatic heterocycles. The molecule has 1 heterocycles. The van der Waals surface area contributed by atoms with E-state index in [0.717, 1.165) is 0 Å². The van der Waals surface area contributed by atoms with Crippen LogP contribution in [-0.2, 0) is 4.74 Å². The van der Waals surface area contributed by atoms with Gasteiger partial charge < -0.3 is 4.74 Å². The summed E-state index contributed by atoms with van der Waals surface area (Å²) in [5.74, 6) is -0.0477. The standard InChI is InChI=1S/C6H6Cl2N4O2/c1-2-14-6(13)12-5-10-3(7)9-4(8)11-5/h2H2,1H3,(H,9,10,11,12,13). The summed E-state index contributed by atoms with van der Waals surface area (Å²) in [4.78, 5) is 21.6. The molecular weight excluding hydrogens is 231 g/mol. The highest BCUT2D eigenvalue weighted by Gasteiger charge is 2.07. The normalized spacial score (nSPS) is 9.64. The Morgan fingerprint density at radius 2 is 1.93 bits per heavy atom. The topological polar surface area (TPSA) is 77.0 Å². The molecule has 1 rings (SSSR count). The third-order valence-corrected chi connectivity index (χ3v) is 1.41. The number of anilines is 1. The van der Waals surface area contributed by atoms with E-state index in [-0.39, 0.29) is 23.1 Å². The van der Waals surface area contributed by atoms with Gasteiger partial charge in [0.05, 0.1) is 6.61 Å². The van der Waals surface area contributed by atoms with Crippen LogP contribution in [-0.4, -0.2) is 27.7 Å². The Morgan fingerprint density at radius 1 is 1.36 bits per heavy atom. The highest BCUT2D eigenvalue weighted by atomic mass is 35.5. The average molecular weight is 237 g/mol. The van der Waals surface area contributed by atoms with Gasteiger partial charge in [0, 0.05) is 0 Å². The zero-order valence-corrected chi connectivity index (χ0v) is 8.63. The molecule has 1 N–H and O–H groups in total. The maximum Gasteiger partial charge on any atom is 0.414 e. The number of halogens is 2. The number of rotatable bonds is 2. The van der Waals surface area contributed by atoms with Gasteiger partial charge in [0.2, 0.25) is 16.5 Å². The van der Waals surface area contributed by atoms with Crippen LogP contribution in [0.15, 0.2) is 0 Å². The van der Waals surface area contributed by atoms with Gasteiger partial charge in [0.1, 0.15) is 0 Å². The van der Waals surface area contributed by atoms with Gasteiger partial charge in [-0.2, -0.15) is 15.0 Å². The first kappa shape index (κ1) is 10.9. The summed E-state index contributed by atoms with van der Waals surface area (Å²) < 4.78 is 4.59. The second-order valence-corrected chi connectivity index (χ2v) is 2.72. The predicted molar refractivity (Wildman–Crippen MR) is 50.5 cm³/mol. The summed E-state index contributed by atoms with van der Waals surface area (Å²) in [7, 11) is 0. The van der Waals surface area contributed by atoms with Crippen molar-refractivity contribution in [1.29, 1.82) is 0 Å². The zero-order valence-electron chi connectivity index (χ0n) is 7.12. The fourth-order valence-electron chi connectivity index (χ4n) is 0.640. The Hall–Kier alpha value is -1.14. The lowest BCUT2D eigenvalue weighted by Crippen LogP contribution is -2.15. The van der Waals surface area contributed by atoms with Crippen LogP contribution in [0, 0.1) is 0 Å². The molecule has 1 amide bonds. The van der Waals surface area contributed by atoms with Gasteiger partial charge in [-0.05, 0) is 30.1 Å². The number of carbonyl (C=O) groups is 1. The molecule has 0 aliphatic carbocycles. The lowest BCUT2D eigenvalue weighted by atomic mass is 10.8. The minimum atomic E-state index is -0.675. The maximum absolute atomic E-state index is 10.9.